The van der Waals surface area contributed by atoms with E-state index in [-0.39, 0.29) is 70.8 Å². The number of esters is 3. The summed E-state index contributed by atoms with van der Waals surface area (Å²) in [5.41, 5.74) is 0. The van der Waals surface area contributed by atoms with Crippen LogP contribution in [0.15, 0.2) is 0 Å². The molecule has 0 saturated carbocycles. The minimum Gasteiger partial charge on any atom is -0.463 e. The number of hydrogen-bond donors (Lipinski definition) is 0. The first-order valence-electron chi connectivity index (χ1n) is 7.59. The highest BCUT2D eigenvalue weighted by Gasteiger charge is 2.11. The summed E-state index contributed by atoms with van der Waals surface area (Å²) < 4.78 is 30.4. The van der Waals surface area contributed by atoms with Crippen molar-refractivity contribution in [2.75, 3.05) is 52.9 Å². The highest BCUT2D eigenvalue weighted by molar-refractivity contribution is 5.66. The van der Waals surface area contributed by atoms with Crippen LogP contribution in [-0.4, -0.2) is 76.9 Å². The highest BCUT2D eigenvalue weighted by Crippen LogP contribution is 1.97. The van der Waals surface area contributed by atoms with E-state index in [2.05, 4.69) is 0 Å². The van der Waals surface area contributed by atoms with Crippen molar-refractivity contribution in [2.45, 2.75) is 26.9 Å². The van der Waals surface area contributed by atoms with E-state index in [1.807, 2.05) is 0 Å². The second kappa shape index (κ2) is 14.9. The molecule has 9 heteroatoms. The summed E-state index contributed by atoms with van der Waals surface area (Å²) in [6, 6.07) is 0. The average molecular weight is 350 g/mol. The number of rotatable bonds is 14. The zero-order chi connectivity index (χ0) is 18.2. The smallest absolute Gasteiger partial charge is 0.302 e. The Balaban J connectivity index is 3.92. The van der Waals surface area contributed by atoms with Gasteiger partial charge in [-0.15, -0.1) is 0 Å². The lowest BCUT2D eigenvalue weighted by molar-refractivity contribution is -0.147. The minimum atomic E-state index is -0.393. The molecule has 140 valence electrons. The van der Waals surface area contributed by atoms with Crippen LogP contribution in [0.25, 0.3) is 0 Å². The second-order valence-corrected chi connectivity index (χ2v) is 4.66. The molecule has 0 radical (unpaired) electrons. The van der Waals surface area contributed by atoms with Gasteiger partial charge in [0.25, 0.3) is 0 Å². The largest absolute Gasteiger partial charge is 0.463 e. The number of hydrogen-bond acceptors (Lipinski definition) is 9. The summed E-state index contributed by atoms with van der Waals surface area (Å²) in [6.07, 6.45) is -0.393. The molecule has 0 fully saturated rings. The first kappa shape index (κ1) is 22.3. The standard InChI is InChI=1S/C15H26O9/c1-12(16)21-6-4-19-10-15(24-9-8-23-14(3)18)11-20-5-7-22-13(2)17/h15H,4-11H2,1-3H3. The lowest BCUT2D eigenvalue weighted by atomic mass is 10.4. The fourth-order valence-electron chi connectivity index (χ4n) is 1.46. The van der Waals surface area contributed by atoms with Gasteiger partial charge in [-0.2, -0.15) is 0 Å². The summed E-state index contributed by atoms with van der Waals surface area (Å²) in [5.74, 6) is -1.13. The second-order valence-electron chi connectivity index (χ2n) is 4.66. The van der Waals surface area contributed by atoms with Crippen LogP contribution in [0, 0.1) is 0 Å². The highest BCUT2D eigenvalue weighted by atomic mass is 16.6. The maximum Gasteiger partial charge on any atom is 0.302 e. The summed E-state index contributed by atoms with van der Waals surface area (Å²) in [7, 11) is 0. The van der Waals surface area contributed by atoms with Gasteiger partial charge in [-0.3, -0.25) is 14.4 Å². The van der Waals surface area contributed by atoms with E-state index in [1.165, 1.54) is 20.8 Å². The molecule has 24 heavy (non-hydrogen) atoms. The Morgan fingerprint density at radius 3 is 1.38 bits per heavy atom. The van der Waals surface area contributed by atoms with Crippen molar-refractivity contribution >= 4 is 17.9 Å². The third-order valence-electron chi connectivity index (χ3n) is 2.42. The van der Waals surface area contributed by atoms with Crippen LogP contribution in [-0.2, 0) is 42.8 Å². The zero-order valence-electron chi connectivity index (χ0n) is 14.4. The van der Waals surface area contributed by atoms with Crippen molar-refractivity contribution in [3.8, 4) is 0 Å². The van der Waals surface area contributed by atoms with Gasteiger partial charge in [0.15, 0.2) is 0 Å². The predicted octanol–water partition coefficient (Wildman–Crippen LogP) is 0.0941. The van der Waals surface area contributed by atoms with Crippen LogP contribution in [0.3, 0.4) is 0 Å². The van der Waals surface area contributed by atoms with Crippen molar-refractivity contribution in [3.63, 3.8) is 0 Å². The third kappa shape index (κ3) is 16.7. The average Bonchev–Trinajstić information content (AvgIpc) is 2.49. The normalized spacial score (nSPS) is 10.5. The summed E-state index contributed by atoms with van der Waals surface area (Å²) >= 11 is 0. The van der Waals surface area contributed by atoms with E-state index in [0.29, 0.717) is 0 Å². The molecule has 0 aromatic rings. The first-order chi connectivity index (χ1) is 11.4. The van der Waals surface area contributed by atoms with Crippen molar-refractivity contribution in [1.29, 1.82) is 0 Å². The Morgan fingerprint density at radius 2 is 1.00 bits per heavy atom. The van der Waals surface area contributed by atoms with E-state index < -0.39 is 6.10 Å². The van der Waals surface area contributed by atoms with Crippen molar-refractivity contribution in [3.05, 3.63) is 0 Å². The monoisotopic (exact) mass is 350 g/mol. The van der Waals surface area contributed by atoms with Crippen LogP contribution >= 0.6 is 0 Å². The van der Waals surface area contributed by atoms with Gasteiger partial charge in [0.05, 0.1) is 33.0 Å². The van der Waals surface area contributed by atoms with Gasteiger partial charge in [-0.1, -0.05) is 0 Å². The molecular weight excluding hydrogens is 324 g/mol. The Kier molecular flexibility index (Phi) is 13.8. The summed E-state index contributed by atoms with van der Waals surface area (Å²) in [4.78, 5) is 31.9. The van der Waals surface area contributed by atoms with E-state index in [9.17, 15) is 14.4 Å². The maximum atomic E-state index is 10.7. The lowest BCUT2D eigenvalue weighted by Crippen LogP contribution is -2.29. The van der Waals surface area contributed by atoms with Crippen molar-refractivity contribution in [1.82, 2.24) is 0 Å². The predicted molar refractivity (Wildman–Crippen MR) is 81.3 cm³/mol. The molecular formula is C15H26O9. The molecule has 0 spiro atoms. The van der Waals surface area contributed by atoms with E-state index in [4.69, 9.17) is 28.4 Å². The summed E-state index contributed by atoms with van der Waals surface area (Å²) in [5, 5.41) is 0. The molecule has 0 N–H and O–H groups in total. The van der Waals surface area contributed by atoms with Gasteiger partial charge in [-0.25, -0.2) is 0 Å². The quantitative estimate of drug-likeness (QED) is 0.245. The Labute approximate surface area is 141 Å². The number of carbonyl (C=O) groups is 3. The zero-order valence-corrected chi connectivity index (χ0v) is 14.4. The molecule has 0 aliphatic rings. The first-order valence-corrected chi connectivity index (χ1v) is 7.59. The van der Waals surface area contributed by atoms with Gasteiger partial charge in [0.1, 0.15) is 25.9 Å². The number of ether oxygens (including phenoxy) is 6. The Hall–Kier alpha value is -1.71. The van der Waals surface area contributed by atoms with Gasteiger partial charge >= 0.3 is 17.9 Å². The summed E-state index contributed by atoms with van der Waals surface area (Å²) in [6.45, 7) is 5.49. The lowest BCUT2D eigenvalue weighted by Gasteiger charge is -2.18. The van der Waals surface area contributed by atoms with E-state index in [1.54, 1.807) is 0 Å². The molecule has 0 aliphatic heterocycles. The van der Waals surface area contributed by atoms with Gasteiger partial charge in [0.2, 0.25) is 0 Å². The SMILES string of the molecule is CC(=O)OCCOCC(COCCOC(C)=O)OCCOC(C)=O. The molecule has 9 nitrogen and oxygen atoms in total. The fourth-order valence-corrected chi connectivity index (χ4v) is 1.46. The molecule has 0 saturated heterocycles. The van der Waals surface area contributed by atoms with Crippen LogP contribution in [0.2, 0.25) is 0 Å². The topological polar surface area (TPSA) is 107 Å². The van der Waals surface area contributed by atoms with E-state index >= 15 is 0 Å². The van der Waals surface area contributed by atoms with Crippen LogP contribution in [0.4, 0.5) is 0 Å². The fraction of sp³-hybridized carbons (Fsp3) is 0.800. The molecule has 0 amide bonds. The molecule has 0 heterocycles. The maximum absolute atomic E-state index is 10.7. The third-order valence-corrected chi connectivity index (χ3v) is 2.42. The van der Waals surface area contributed by atoms with Crippen LogP contribution < -0.4 is 0 Å². The van der Waals surface area contributed by atoms with Crippen LogP contribution in [0.1, 0.15) is 20.8 Å². The van der Waals surface area contributed by atoms with Gasteiger partial charge in [-0.05, 0) is 0 Å². The number of carbonyl (C=O) groups excluding carboxylic acids is 3. The van der Waals surface area contributed by atoms with Crippen molar-refractivity contribution in [2.24, 2.45) is 0 Å². The van der Waals surface area contributed by atoms with Gasteiger partial charge < -0.3 is 28.4 Å². The van der Waals surface area contributed by atoms with Crippen LogP contribution in [0.5, 0.6) is 0 Å². The van der Waals surface area contributed by atoms with Gasteiger partial charge in [0, 0.05) is 20.8 Å². The molecule has 0 aromatic carbocycles. The molecule has 0 bridgehead atoms. The molecule has 0 aromatic heterocycles. The molecule has 0 rings (SSSR count). The minimum absolute atomic E-state index is 0.132. The molecule has 0 atom stereocenters. The Morgan fingerprint density at radius 1 is 0.625 bits per heavy atom. The van der Waals surface area contributed by atoms with E-state index in [0.717, 1.165) is 0 Å². The Bertz CT molecular complexity index is 346. The molecule has 0 unspecified atom stereocenters. The van der Waals surface area contributed by atoms with Crippen molar-refractivity contribution < 1.29 is 42.8 Å². The molecule has 0 aliphatic carbocycles.